The van der Waals surface area contributed by atoms with Gasteiger partial charge in [-0.1, -0.05) is 55.8 Å². The van der Waals surface area contributed by atoms with E-state index in [1.54, 1.807) is 5.57 Å². The Balaban J connectivity index is 1.09. The lowest BCUT2D eigenvalue weighted by atomic mass is 9.48. The standard InChI is InChI=1S/C31H42O3/c1-30-18-16-24(34-29(32)15-8-21-6-4-3-5-7-21)20-22(30)9-12-25-26-13-14-28(33-23-10-11-23)31(26,2)19-17-27(25)30/h3-7,9,23-28H,8,10-20H2,1-2H3/t24-,25-,26-,27-,28-,30-,31-/m0/s1. The van der Waals surface area contributed by atoms with Crippen LogP contribution in [0.4, 0.5) is 0 Å². The normalized spacial score (nSPS) is 41.1. The molecule has 0 saturated heterocycles. The number of hydrogen-bond acceptors (Lipinski definition) is 3. The number of carbonyl (C=O) groups is 1. The second kappa shape index (κ2) is 8.80. The van der Waals surface area contributed by atoms with Crippen molar-refractivity contribution < 1.29 is 14.3 Å². The van der Waals surface area contributed by atoms with Crippen LogP contribution in [0.2, 0.25) is 0 Å². The third-order valence-corrected chi connectivity index (χ3v) is 10.6. The van der Waals surface area contributed by atoms with Crippen molar-refractivity contribution in [3.05, 3.63) is 47.5 Å². The molecule has 1 aromatic carbocycles. The first-order valence-electron chi connectivity index (χ1n) is 14.0. The molecule has 0 amide bonds. The molecule has 0 N–H and O–H groups in total. The molecule has 0 aromatic heterocycles. The summed E-state index contributed by atoms with van der Waals surface area (Å²) in [6.45, 7) is 5.10. The molecule has 4 fully saturated rings. The van der Waals surface area contributed by atoms with Crippen molar-refractivity contribution in [2.24, 2.45) is 28.6 Å². The van der Waals surface area contributed by atoms with Crippen LogP contribution in [0.25, 0.3) is 0 Å². The Hall–Kier alpha value is -1.61. The number of aryl methyl sites for hydroxylation is 1. The molecular formula is C31H42O3. The second-order valence-corrected chi connectivity index (χ2v) is 12.5. The van der Waals surface area contributed by atoms with Crippen molar-refractivity contribution in [1.82, 2.24) is 0 Å². The van der Waals surface area contributed by atoms with E-state index >= 15 is 0 Å². The summed E-state index contributed by atoms with van der Waals surface area (Å²) in [4.78, 5) is 12.6. The summed E-state index contributed by atoms with van der Waals surface area (Å²) in [5.41, 5.74) is 3.48. The lowest BCUT2D eigenvalue weighted by Crippen LogP contribution is -2.51. The van der Waals surface area contributed by atoms with Gasteiger partial charge in [0.05, 0.1) is 12.2 Å². The topological polar surface area (TPSA) is 35.5 Å². The van der Waals surface area contributed by atoms with Gasteiger partial charge in [0.15, 0.2) is 0 Å². The van der Waals surface area contributed by atoms with Crippen molar-refractivity contribution in [3.8, 4) is 0 Å². The zero-order chi connectivity index (χ0) is 23.3. The smallest absolute Gasteiger partial charge is 0.306 e. The predicted molar refractivity (Wildman–Crippen MR) is 134 cm³/mol. The average Bonchev–Trinajstić information content (AvgIpc) is 3.60. The highest BCUT2D eigenvalue weighted by atomic mass is 16.5. The number of ether oxygens (including phenoxy) is 2. The van der Waals surface area contributed by atoms with Crippen LogP contribution in [0, 0.1) is 28.6 Å². The van der Waals surface area contributed by atoms with E-state index in [1.165, 1.54) is 56.9 Å². The molecule has 0 aliphatic heterocycles. The molecule has 5 aliphatic rings. The minimum Gasteiger partial charge on any atom is -0.462 e. The molecule has 6 rings (SSSR count). The number of allylic oxidation sites excluding steroid dienone is 1. The van der Waals surface area contributed by atoms with Gasteiger partial charge in [0.25, 0.3) is 0 Å². The summed E-state index contributed by atoms with van der Waals surface area (Å²) >= 11 is 0. The number of carbonyl (C=O) groups excluding carboxylic acids is 1. The zero-order valence-corrected chi connectivity index (χ0v) is 21.1. The Kier molecular flexibility index (Phi) is 5.91. The summed E-state index contributed by atoms with van der Waals surface area (Å²) < 4.78 is 12.5. The number of benzene rings is 1. The van der Waals surface area contributed by atoms with E-state index in [1.807, 2.05) is 18.2 Å². The second-order valence-electron chi connectivity index (χ2n) is 12.5. The Morgan fingerprint density at radius 3 is 2.56 bits per heavy atom. The summed E-state index contributed by atoms with van der Waals surface area (Å²) in [5, 5.41) is 0. The first-order chi connectivity index (χ1) is 16.5. The Morgan fingerprint density at radius 2 is 1.76 bits per heavy atom. The molecule has 0 bridgehead atoms. The summed E-state index contributed by atoms with van der Waals surface area (Å²) in [5.74, 6) is 2.39. The van der Waals surface area contributed by atoms with Gasteiger partial charge in [0.1, 0.15) is 6.10 Å². The van der Waals surface area contributed by atoms with E-state index in [0.29, 0.717) is 29.5 Å². The first kappa shape index (κ1) is 22.8. The molecule has 34 heavy (non-hydrogen) atoms. The van der Waals surface area contributed by atoms with Gasteiger partial charge in [-0.05, 0) is 98.4 Å². The number of fused-ring (bicyclic) bond motifs is 5. The van der Waals surface area contributed by atoms with E-state index in [-0.39, 0.29) is 12.1 Å². The molecule has 5 aliphatic carbocycles. The number of hydrogen-bond donors (Lipinski definition) is 0. The van der Waals surface area contributed by atoms with E-state index < -0.39 is 0 Å². The highest BCUT2D eigenvalue weighted by Gasteiger charge is 2.59. The van der Waals surface area contributed by atoms with E-state index in [2.05, 4.69) is 32.1 Å². The van der Waals surface area contributed by atoms with Crippen LogP contribution in [0.15, 0.2) is 42.0 Å². The van der Waals surface area contributed by atoms with Crippen molar-refractivity contribution in [2.75, 3.05) is 0 Å². The fraction of sp³-hybridized carbons (Fsp3) is 0.710. The molecule has 1 aromatic rings. The van der Waals surface area contributed by atoms with Crippen LogP contribution in [-0.4, -0.2) is 24.3 Å². The molecule has 3 nitrogen and oxygen atoms in total. The van der Waals surface area contributed by atoms with Crippen LogP contribution >= 0.6 is 0 Å². The van der Waals surface area contributed by atoms with Gasteiger partial charge in [0, 0.05) is 12.8 Å². The third-order valence-electron chi connectivity index (χ3n) is 10.6. The first-order valence-corrected chi connectivity index (χ1v) is 14.0. The highest BCUT2D eigenvalue weighted by molar-refractivity contribution is 5.70. The molecule has 0 unspecified atom stereocenters. The number of esters is 1. The van der Waals surface area contributed by atoms with E-state index in [4.69, 9.17) is 9.47 Å². The Bertz CT molecular complexity index is 933. The predicted octanol–water partition coefficient (Wildman–Crippen LogP) is 7.04. The molecule has 0 heterocycles. The highest BCUT2D eigenvalue weighted by Crippen LogP contribution is 2.65. The quantitative estimate of drug-likeness (QED) is 0.336. The number of rotatable bonds is 6. The Labute approximate surface area is 205 Å². The van der Waals surface area contributed by atoms with Gasteiger partial charge in [-0.15, -0.1) is 0 Å². The van der Waals surface area contributed by atoms with Crippen LogP contribution in [-0.2, 0) is 20.7 Å². The monoisotopic (exact) mass is 462 g/mol. The van der Waals surface area contributed by atoms with E-state index in [0.717, 1.165) is 37.0 Å². The SMILES string of the molecule is C[C@]12CC[C@H]3[C@@H](CC=C4C[C@@H](OC(=O)CCc5ccccc5)CC[C@@]43C)[C@@H]1CC[C@@H]2OC1CC1. The van der Waals surface area contributed by atoms with E-state index in [9.17, 15) is 4.79 Å². The maximum Gasteiger partial charge on any atom is 0.306 e. The van der Waals surface area contributed by atoms with Crippen molar-refractivity contribution in [1.29, 1.82) is 0 Å². The van der Waals surface area contributed by atoms with Crippen LogP contribution in [0.1, 0.15) is 90.0 Å². The molecular weight excluding hydrogens is 420 g/mol. The fourth-order valence-electron chi connectivity index (χ4n) is 8.48. The summed E-state index contributed by atoms with van der Waals surface area (Å²) in [6.07, 6.45) is 17.2. The molecule has 4 saturated carbocycles. The molecule has 184 valence electrons. The summed E-state index contributed by atoms with van der Waals surface area (Å²) in [7, 11) is 0. The minimum atomic E-state index is -0.0344. The largest absolute Gasteiger partial charge is 0.462 e. The maximum atomic E-state index is 12.6. The van der Waals surface area contributed by atoms with Crippen molar-refractivity contribution in [3.63, 3.8) is 0 Å². The van der Waals surface area contributed by atoms with Crippen molar-refractivity contribution in [2.45, 2.75) is 109 Å². The molecule has 3 heteroatoms. The van der Waals surface area contributed by atoms with Crippen LogP contribution < -0.4 is 0 Å². The third kappa shape index (κ3) is 4.06. The van der Waals surface area contributed by atoms with Gasteiger partial charge in [-0.2, -0.15) is 0 Å². The van der Waals surface area contributed by atoms with Crippen LogP contribution in [0.3, 0.4) is 0 Å². The van der Waals surface area contributed by atoms with Gasteiger partial charge >= 0.3 is 5.97 Å². The maximum absolute atomic E-state index is 12.6. The van der Waals surface area contributed by atoms with Gasteiger partial charge in [0.2, 0.25) is 0 Å². The molecule has 7 atom stereocenters. The Morgan fingerprint density at radius 1 is 0.941 bits per heavy atom. The molecule has 0 radical (unpaired) electrons. The average molecular weight is 463 g/mol. The van der Waals surface area contributed by atoms with Crippen molar-refractivity contribution >= 4 is 5.97 Å². The summed E-state index contributed by atoms with van der Waals surface area (Å²) in [6, 6.07) is 10.3. The lowest BCUT2D eigenvalue weighted by Gasteiger charge is -2.58. The zero-order valence-electron chi connectivity index (χ0n) is 21.1. The van der Waals surface area contributed by atoms with Gasteiger partial charge in [-0.3, -0.25) is 4.79 Å². The minimum absolute atomic E-state index is 0.0344. The lowest BCUT2D eigenvalue weighted by molar-refractivity contribution is -0.151. The molecule has 0 spiro atoms. The fourth-order valence-corrected chi connectivity index (χ4v) is 8.48. The van der Waals surface area contributed by atoms with Gasteiger partial charge in [-0.25, -0.2) is 0 Å². The van der Waals surface area contributed by atoms with Crippen LogP contribution in [0.5, 0.6) is 0 Å². The van der Waals surface area contributed by atoms with Gasteiger partial charge < -0.3 is 9.47 Å².